The number of aliphatic imine (C=N–C) groups is 1. The number of rotatable bonds is 25. The molecule has 3 aliphatic heterocycles. The highest BCUT2D eigenvalue weighted by Crippen LogP contribution is 2.44. The van der Waals surface area contributed by atoms with E-state index in [1.54, 1.807) is 50.3 Å². The molecule has 3 heterocycles. The van der Waals surface area contributed by atoms with E-state index in [9.17, 15) is 37.2 Å². The van der Waals surface area contributed by atoms with Crippen molar-refractivity contribution in [2.45, 2.75) is 184 Å². The average molecular weight is 1090 g/mol. The maximum atomic E-state index is 14.6. The van der Waals surface area contributed by atoms with Crippen molar-refractivity contribution in [1.82, 2.24) is 35.8 Å². The van der Waals surface area contributed by atoms with E-state index in [1.165, 1.54) is 9.80 Å². The Bertz CT molecular complexity index is 2660. The van der Waals surface area contributed by atoms with E-state index in [-0.39, 0.29) is 68.5 Å². The molecule has 76 heavy (non-hydrogen) atoms. The lowest BCUT2D eigenvalue weighted by Crippen LogP contribution is -2.67. The van der Waals surface area contributed by atoms with Gasteiger partial charge in [-0.2, -0.15) is 0 Å². The molecule has 0 aromatic heterocycles. The summed E-state index contributed by atoms with van der Waals surface area (Å²) in [4.78, 5) is 92.3. The fourth-order valence-corrected chi connectivity index (χ4v) is 12.4. The lowest BCUT2D eigenvalue weighted by Gasteiger charge is -2.43. The molecule has 2 aromatic rings. The van der Waals surface area contributed by atoms with E-state index in [0.717, 1.165) is 16.7 Å². The topological polar surface area (TPSA) is 277 Å². The number of amides is 6. The van der Waals surface area contributed by atoms with E-state index in [4.69, 9.17) is 27.8 Å². The Hall–Kier alpha value is -5.99. The molecule has 6 amide bonds. The van der Waals surface area contributed by atoms with Crippen LogP contribution >= 0.6 is 11.6 Å². The molecular formula is C55H79ClN10O9S. The number of carbonyl (C=O) groups is 6. The molecule has 0 radical (unpaired) electrons. The summed E-state index contributed by atoms with van der Waals surface area (Å²) in [5, 5.41) is 12.2. The van der Waals surface area contributed by atoms with E-state index < -0.39 is 80.9 Å². The Morgan fingerprint density at radius 1 is 0.842 bits per heavy atom. The minimum atomic E-state index is -4.19. The number of guanidine groups is 1. The number of hydrogen-bond donors (Lipinski definition) is 7. The number of benzene rings is 2. The SMILES string of the molecule is C=CCCCNC(=O)[C@@H]1CCCN1C(=O)[C@H](CCCN=C(N)NS(=O)(=O)c1c(C)c(C)c2c(c1C)CC(C)(C)O2)NC(=O)C1(NC(=O)[C@@H]2CCCN2C(=O)[C@H](Cc2ccc(Cl)cc2)NC(=O)[C@@H](N)CCCC=C)CCC1. The van der Waals surface area contributed by atoms with Crippen LogP contribution in [-0.2, 0) is 51.6 Å². The van der Waals surface area contributed by atoms with Crippen molar-refractivity contribution in [3.63, 3.8) is 0 Å². The minimum Gasteiger partial charge on any atom is -0.487 e. The van der Waals surface area contributed by atoms with Crippen LogP contribution in [0.5, 0.6) is 5.75 Å². The van der Waals surface area contributed by atoms with Gasteiger partial charge in [-0.15, -0.1) is 13.2 Å². The van der Waals surface area contributed by atoms with Gasteiger partial charge in [0.2, 0.25) is 41.4 Å². The number of halogens is 1. The van der Waals surface area contributed by atoms with Crippen LogP contribution in [0.2, 0.25) is 5.02 Å². The summed E-state index contributed by atoms with van der Waals surface area (Å²) in [5.41, 5.74) is 13.9. The first-order valence-electron chi connectivity index (χ1n) is 26.7. The summed E-state index contributed by atoms with van der Waals surface area (Å²) in [5.74, 6) is -2.56. The predicted molar refractivity (Wildman–Crippen MR) is 293 cm³/mol. The fourth-order valence-electron chi connectivity index (χ4n) is 10.7. The van der Waals surface area contributed by atoms with Crippen LogP contribution in [0.4, 0.5) is 0 Å². The Kier molecular flexibility index (Phi) is 20.2. The molecule has 1 aliphatic carbocycles. The van der Waals surface area contributed by atoms with Crippen molar-refractivity contribution >= 4 is 63.0 Å². The van der Waals surface area contributed by atoms with Crippen molar-refractivity contribution in [1.29, 1.82) is 0 Å². The van der Waals surface area contributed by atoms with Crippen molar-refractivity contribution in [2.75, 3.05) is 26.2 Å². The van der Waals surface area contributed by atoms with Crippen LogP contribution in [0.15, 0.2) is 59.5 Å². The minimum absolute atomic E-state index is 0.0292. The molecule has 6 rings (SSSR count). The molecule has 4 aliphatic rings. The van der Waals surface area contributed by atoms with Gasteiger partial charge in [-0.1, -0.05) is 35.9 Å². The van der Waals surface area contributed by atoms with Gasteiger partial charge in [0.15, 0.2) is 0 Å². The van der Waals surface area contributed by atoms with Gasteiger partial charge in [-0.25, -0.2) is 13.1 Å². The maximum Gasteiger partial charge on any atom is 0.264 e. The zero-order chi connectivity index (χ0) is 55.5. The standard InChI is InChI=1S/C55H79ClN10O9S/c1-8-10-12-18-40(57)47(67)61-42(32-37-22-24-38(56)25-23-37)51(71)66-31-16-21-44(66)49(69)63-55(26-17-27-55)52(72)62-41(50(70)65-30-15-20-43(65)48(68)59-28-13-11-9-2)19-14-29-60-53(58)64-76(73,74)46-35(4)34(3)45-39(36(46)5)33-54(6,7)75-45/h8-9,22-25,40-44H,1-2,10-21,26-33,57H2,3-7H3,(H,59,68)(H,61,67)(H,62,72)(H,63,69)(H3,58,60,64)/t40-,41-,42-,43-,44-/m0/s1. The lowest BCUT2D eigenvalue weighted by atomic mass is 9.75. The van der Waals surface area contributed by atoms with Crippen molar-refractivity contribution < 1.29 is 41.9 Å². The largest absolute Gasteiger partial charge is 0.487 e. The van der Waals surface area contributed by atoms with Gasteiger partial charge in [-0.3, -0.25) is 33.8 Å². The normalized spacial score (nSPS) is 19.8. The van der Waals surface area contributed by atoms with Crippen molar-refractivity contribution in [3.05, 3.63) is 82.4 Å². The molecule has 9 N–H and O–H groups in total. The van der Waals surface area contributed by atoms with Crippen LogP contribution in [0.3, 0.4) is 0 Å². The van der Waals surface area contributed by atoms with Crippen LogP contribution < -0.4 is 42.2 Å². The second-order valence-electron chi connectivity index (χ2n) is 21.3. The molecule has 5 atom stereocenters. The highest BCUT2D eigenvalue weighted by Gasteiger charge is 2.50. The third-order valence-corrected chi connectivity index (χ3v) is 17.0. The second-order valence-corrected chi connectivity index (χ2v) is 23.4. The highest BCUT2D eigenvalue weighted by molar-refractivity contribution is 7.90. The number of sulfonamides is 1. The Labute approximate surface area is 453 Å². The third-order valence-electron chi connectivity index (χ3n) is 15.1. The molecule has 3 fully saturated rings. The quantitative estimate of drug-likeness (QED) is 0.0318. The molecular weight excluding hydrogens is 1010 g/mol. The van der Waals surface area contributed by atoms with E-state index in [0.29, 0.717) is 99.1 Å². The second kappa shape index (κ2) is 25.9. The van der Waals surface area contributed by atoms with E-state index >= 15 is 0 Å². The molecule has 0 bridgehead atoms. The first-order valence-corrected chi connectivity index (χ1v) is 28.6. The Morgan fingerprint density at radius 3 is 2.08 bits per heavy atom. The Morgan fingerprint density at radius 2 is 1.46 bits per heavy atom. The summed E-state index contributed by atoms with van der Waals surface area (Å²) in [7, 11) is -4.19. The monoisotopic (exact) mass is 1090 g/mol. The van der Waals surface area contributed by atoms with Gasteiger partial charge in [0.1, 0.15) is 41.1 Å². The maximum absolute atomic E-state index is 14.6. The van der Waals surface area contributed by atoms with Crippen LogP contribution in [0.1, 0.15) is 132 Å². The van der Waals surface area contributed by atoms with Crippen molar-refractivity contribution in [2.24, 2.45) is 16.5 Å². The zero-order valence-electron chi connectivity index (χ0n) is 44.9. The summed E-state index contributed by atoms with van der Waals surface area (Å²) >= 11 is 6.15. The first-order chi connectivity index (χ1) is 36.0. The van der Waals surface area contributed by atoms with Gasteiger partial charge in [-0.05, 0) is 159 Å². The Balaban J connectivity index is 1.17. The molecule has 0 spiro atoms. The third kappa shape index (κ3) is 14.3. The first kappa shape index (κ1) is 59.3. The van der Waals surface area contributed by atoms with Gasteiger partial charge in [0, 0.05) is 49.6 Å². The van der Waals surface area contributed by atoms with Crippen LogP contribution in [0.25, 0.3) is 0 Å². The molecule has 19 nitrogen and oxygen atoms in total. The number of nitrogens with two attached hydrogens (primary N) is 2. The van der Waals surface area contributed by atoms with E-state index in [1.807, 2.05) is 20.8 Å². The zero-order valence-corrected chi connectivity index (χ0v) is 46.4. The van der Waals surface area contributed by atoms with Gasteiger partial charge in [0.05, 0.1) is 10.9 Å². The number of nitrogens with one attached hydrogen (secondary N) is 5. The van der Waals surface area contributed by atoms with Gasteiger partial charge >= 0.3 is 0 Å². The fraction of sp³-hybridized carbons (Fsp3) is 0.582. The van der Waals surface area contributed by atoms with Gasteiger partial charge < -0.3 is 47.3 Å². The number of likely N-dealkylation sites (tertiary alicyclic amines) is 2. The molecule has 21 heteroatoms. The van der Waals surface area contributed by atoms with E-state index in [2.05, 4.69) is 44.1 Å². The number of fused-ring (bicyclic) bond motifs is 1. The van der Waals surface area contributed by atoms with Crippen LogP contribution in [0, 0.1) is 20.8 Å². The average Bonchev–Trinajstić information content (AvgIpc) is 4.13. The molecule has 1 saturated carbocycles. The summed E-state index contributed by atoms with van der Waals surface area (Å²) in [6.07, 6.45) is 10.4. The smallest absolute Gasteiger partial charge is 0.264 e. The number of ether oxygens (including phenoxy) is 1. The summed E-state index contributed by atoms with van der Waals surface area (Å²) in [6, 6.07) is 2.07. The summed E-state index contributed by atoms with van der Waals surface area (Å²) < 4.78 is 36.4. The number of nitrogens with zero attached hydrogens (tertiary/aromatic N) is 3. The van der Waals surface area contributed by atoms with Crippen molar-refractivity contribution in [3.8, 4) is 5.75 Å². The number of carbonyl (C=O) groups excluding carboxylic acids is 6. The van der Waals surface area contributed by atoms with Crippen LogP contribution in [-0.4, -0.2) is 127 Å². The number of allylic oxidation sites excluding steroid dienone is 2. The predicted octanol–water partition coefficient (Wildman–Crippen LogP) is 4.35. The number of hydrogen-bond acceptors (Lipinski definition) is 11. The van der Waals surface area contributed by atoms with Gasteiger partial charge in [0.25, 0.3) is 10.0 Å². The number of unbranched alkanes of at least 4 members (excludes halogenated alkanes) is 2. The highest BCUT2D eigenvalue weighted by atomic mass is 35.5. The molecule has 416 valence electrons. The molecule has 2 aromatic carbocycles. The summed E-state index contributed by atoms with van der Waals surface area (Å²) in [6.45, 7) is 17.5. The molecule has 2 saturated heterocycles. The lowest BCUT2D eigenvalue weighted by molar-refractivity contribution is -0.146. The molecule has 0 unspecified atom stereocenters.